The maximum absolute atomic E-state index is 6.29. The highest BCUT2D eigenvalue weighted by molar-refractivity contribution is 6.36. The van der Waals surface area contributed by atoms with E-state index in [2.05, 4.69) is 9.98 Å². The molecule has 4 aromatic rings. The van der Waals surface area contributed by atoms with Gasteiger partial charge in [-0.3, -0.25) is 4.99 Å². The Balaban J connectivity index is 1.47. The maximum atomic E-state index is 6.29. The van der Waals surface area contributed by atoms with E-state index in [9.17, 15) is 0 Å². The zero-order chi connectivity index (χ0) is 20.0. The van der Waals surface area contributed by atoms with Crippen LogP contribution in [0, 0.1) is 0 Å². The Bertz CT molecular complexity index is 1280. The molecule has 2 heterocycles. The zero-order valence-corrected chi connectivity index (χ0v) is 16.9. The van der Waals surface area contributed by atoms with Gasteiger partial charge in [-0.15, -0.1) is 0 Å². The average Bonchev–Trinajstić information content (AvgIpc) is 3.31. The Hall–Kier alpha value is -2.73. The summed E-state index contributed by atoms with van der Waals surface area (Å²) in [4.78, 5) is 9.02. The minimum Gasteiger partial charge on any atom is -0.454 e. The van der Waals surface area contributed by atoms with Crippen molar-refractivity contribution in [2.24, 2.45) is 4.99 Å². The summed E-state index contributed by atoms with van der Waals surface area (Å²) >= 11 is 18.5. The van der Waals surface area contributed by atoms with Crippen LogP contribution in [0.25, 0.3) is 22.6 Å². The van der Waals surface area contributed by atoms with E-state index in [4.69, 9.17) is 48.7 Å². The number of aromatic nitrogens is 1. The first-order chi connectivity index (χ1) is 14.1. The Labute approximate surface area is 180 Å². The van der Waals surface area contributed by atoms with E-state index in [1.807, 2.05) is 18.2 Å². The number of hydrogen-bond donors (Lipinski definition) is 0. The van der Waals surface area contributed by atoms with Crippen molar-refractivity contribution < 1.29 is 13.9 Å². The highest BCUT2D eigenvalue weighted by Crippen LogP contribution is 2.37. The second-order valence-corrected chi connectivity index (χ2v) is 7.53. The first-order valence-electron chi connectivity index (χ1n) is 8.56. The third-order valence-corrected chi connectivity index (χ3v) is 5.25. The molecule has 1 aliphatic heterocycles. The van der Waals surface area contributed by atoms with Gasteiger partial charge in [0.2, 0.25) is 12.7 Å². The zero-order valence-electron chi connectivity index (χ0n) is 14.7. The topological polar surface area (TPSA) is 56.9 Å². The molecule has 0 bridgehead atoms. The van der Waals surface area contributed by atoms with Crippen molar-refractivity contribution in [3.05, 3.63) is 69.2 Å². The largest absolute Gasteiger partial charge is 0.454 e. The van der Waals surface area contributed by atoms with Crippen LogP contribution in [0.15, 0.2) is 57.9 Å². The van der Waals surface area contributed by atoms with Crippen LogP contribution in [0.5, 0.6) is 11.5 Å². The van der Waals surface area contributed by atoms with Crippen LogP contribution in [-0.2, 0) is 0 Å². The molecule has 0 atom stereocenters. The predicted molar refractivity (Wildman–Crippen MR) is 114 cm³/mol. The molecular formula is C21H11Cl3N2O3. The lowest BCUT2D eigenvalue weighted by Gasteiger charge is -2.01. The molecule has 0 unspecified atom stereocenters. The van der Waals surface area contributed by atoms with E-state index in [0.29, 0.717) is 54.8 Å². The van der Waals surface area contributed by atoms with Gasteiger partial charge in [-0.1, -0.05) is 34.8 Å². The Morgan fingerprint density at radius 1 is 0.897 bits per heavy atom. The quantitative estimate of drug-likeness (QED) is 0.321. The molecule has 0 amide bonds. The standard InChI is InChI=1S/C21H11Cl3N2O3/c22-12-1-3-14(16(24)6-12)21-26-17-7-13(2-4-18(17)29-21)25-9-11-5-19-20(8-15(11)23)28-10-27-19/h1-9H,10H2. The lowest BCUT2D eigenvalue weighted by atomic mass is 10.2. The van der Waals surface area contributed by atoms with E-state index in [-0.39, 0.29) is 6.79 Å². The Kier molecular flexibility index (Phi) is 4.59. The summed E-state index contributed by atoms with van der Waals surface area (Å²) < 4.78 is 16.5. The summed E-state index contributed by atoms with van der Waals surface area (Å²) in [5.74, 6) is 1.69. The van der Waals surface area contributed by atoms with Crippen LogP contribution < -0.4 is 9.47 Å². The summed E-state index contributed by atoms with van der Waals surface area (Å²) in [5.41, 5.74) is 3.39. The minimum atomic E-state index is 0.190. The van der Waals surface area contributed by atoms with E-state index >= 15 is 0 Å². The summed E-state index contributed by atoms with van der Waals surface area (Å²) in [6.45, 7) is 0.190. The van der Waals surface area contributed by atoms with Gasteiger partial charge < -0.3 is 13.9 Å². The van der Waals surface area contributed by atoms with Crippen LogP contribution >= 0.6 is 34.8 Å². The fourth-order valence-corrected chi connectivity index (χ4v) is 3.64. The number of aliphatic imine (C=N–C) groups is 1. The van der Waals surface area contributed by atoms with Gasteiger partial charge in [0.05, 0.1) is 21.3 Å². The molecule has 0 aliphatic carbocycles. The monoisotopic (exact) mass is 444 g/mol. The maximum Gasteiger partial charge on any atom is 0.231 e. The Morgan fingerprint density at radius 2 is 1.72 bits per heavy atom. The van der Waals surface area contributed by atoms with Gasteiger partial charge in [0.1, 0.15) is 5.52 Å². The molecule has 144 valence electrons. The number of oxazole rings is 1. The SMILES string of the molecule is Clc1ccc(-c2nc3cc(N=Cc4cc5c(cc4Cl)OCO5)ccc3o2)c(Cl)c1. The normalized spacial score (nSPS) is 12.9. The molecule has 5 nitrogen and oxygen atoms in total. The van der Waals surface area contributed by atoms with E-state index in [1.54, 1.807) is 36.5 Å². The first-order valence-corrected chi connectivity index (χ1v) is 9.69. The molecule has 29 heavy (non-hydrogen) atoms. The van der Waals surface area contributed by atoms with E-state index < -0.39 is 0 Å². The molecule has 5 rings (SSSR count). The van der Waals surface area contributed by atoms with Crippen LogP contribution in [0.3, 0.4) is 0 Å². The smallest absolute Gasteiger partial charge is 0.231 e. The Morgan fingerprint density at radius 3 is 2.55 bits per heavy atom. The second kappa shape index (κ2) is 7.26. The van der Waals surface area contributed by atoms with Crippen molar-refractivity contribution >= 4 is 57.8 Å². The lowest BCUT2D eigenvalue weighted by Crippen LogP contribution is -1.92. The molecule has 0 saturated carbocycles. The number of rotatable bonds is 3. The third-order valence-electron chi connectivity index (χ3n) is 4.38. The highest BCUT2D eigenvalue weighted by Gasteiger charge is 2.16. The molecule has 0 fully saturated rings. The van der Waals surface area contributed by atoms with Crippen molar-refractivity contribution in [1.29, 1.82) is 0 Å². The van der Waals surface area contributed by atoms with Gasteiger partial charge >= 0.3 is 0 Å². The van der Waals surface area contributed by atoms with Gasteiger partial charge in [0.25, 0.3) is 0 Å². The third kappa shape index (κ3) is 3.53. The fourth-order valence-electron chi connectivity index (χ4n) is 2.95. The van der Waals surface area contributed by atoms with Gasteiger partial charge in [-0.2, -0.15) is 0 Å². The fraction of sp³-hybridized carbons (Fsp3) is 0.0476. The van der Waals surface area contributed by atoms with Gasteiger partial charge in [-0.25, -0.2) is 4.98 Å². The lowest BCUT2D eigenvalue weighted by molar-refractivity contribution is 0.174. The van der Waals surface area contributed by atoms with Crippen molar-refractivity contribution in [2.45, 2.75) is 0 Å². The predicted octanol–water partition coefficient (Wildman–Crippen LogP) is 6.93. The van der Waals surface area contributed by atoms with Crippen LogP contribution in [-0.4, -0.2) is 18.0 Å². The van der Waals surface area contributed by atoms with Gasteiger partial charge in [0.15, 0.2) is 17.1 Å². The number of benzene rings is 3. The first kappa shape index (κ1) is 18.3. The van der Waals surface area contributed by atoms with E-state index in [0.717, 1.165) is 5.56 Å². The van der Waals surface area contributed by atoms with Crippen molar-refractivity contribution in [3.8, 4) is 23.0 Å². The number of fused-ring (bicyclic) bond motifs is 2. The van der Waals surface area contributed by atoms with E-state index in [1.165, 1.54) is 0 Å². The second-order valence-electron chi connectivity index (χ2n) is 6.28. The molecule has 8 heteroatoms. The van der Waals surface area contributed by atoms with Gasteiger partial charge in [-0.05, 0) is 42.5 Å². The van der Waals surface area contributed by atoms with Crippen molar-refractivity contribution in [1.82, 2.24) is 4.98 Å². The number of ether oxygens (including phenoxy) is 2. The molecule has 0 spiro atoms. The summed E-state index contributed by atoms with van der Waals surface area (Å²) in [7, 11) is 0. The molecule has 0 radical (unpaired) electrons. The average molecular weight is 446 g/mol. The van der Waals surface area contributed by atoms with Crippen LogP contribution in [0.2, 0.25) is 15.1 Å². The highest BCUT2D eigenvalue weighted by atomic mass is 35.5. The molecule has 1 aromatic heterocycles. The summed E-state index contributed by atoms with van der Waals surface area (Å²) in [6, 6.07) is 14.1. The van der Waals surface area contributed by atoms with Crippen LogP contribution in [0.4, 0.5) is 5.69 Å². The minimum absolute atomic E-state index is 0.190. The molecule has 0 saturated heterocycles. The molecule has 3 aromatic carbocycles. The van der Waals surface area contributed by atoms with Crippen molar-refractivity contribution in [2.75, 3.05) is 6.79 Å². The summed E-state index contributed by atoms with van der Waals surface area (Å²) in [6.07, 6.45) is 1.67. The van der Waals surface area contributed by atoms with Crippen molar-refractivity contribution in [3.63, 3.8) is 0 Å². The van der Waals surface area contributed by atoms with Crippen LogP contribution in [0.1, 0.15) is 5.56 Å². The number of halogens is 3. The molecule has 0 N–H and O–H groups in total. The summed E-state index contributed by atoms with van der Waals surface area (Å²) in [5, 5.41) is 1.55. The molecular weight excluding hydrogens is 435 g/mol. The molecule has 1 aliphatic rings. The number of nitrogens with zero attached hydrogens (tertiary/aromatic N) is 2. The van der Waals surface area contributed by atoms with Gasteiger partial charge in [0, 0.05) is 22.9 Å². The number of hydrogen-bond acceptors (Lipinski definition) is 5.